The monoisotopic (exact) mass is 155 g/mol. The Kier molecular flexibility index (Phi) is 2.10. The average molecular weight is 155 g/mol. The first-order valence-corrected chi connectivity index (χ1v) is 2.86. The molecule has 0 bridgehead atoms. The third-order valence-electron chi connectivity index (χ3n) is 1.14. The molecule has 0 amide bonds. The lowest BCUT2D eigenvalue weighted by Crippen LogP contribution is -2.11. The van der Waals surface area contributed by atoms with E-state index in [-0.39, 0.29) is 12.3 Å². The van der Waals surface area contributed by atoms with Crippen molar-refractivity contribution in [3.05, 3.63) is 22.2 Å². The maximum Gasteiger partial charge on any atom is 0.340 e. The Labute approximate surface area is 61.7 Å². The maximum absolute atomic E-state index is 10.7. The van der Waals surface area contributed by atoms with Gasteiger partial charge in [-0.15, -0.1) is 0 Å². The molecule has 1 aliphatic rings. The molecule has 58 valence electrons. The molecule has 1 aliphatic heterocycles. The van der Waals surface area contributed by atoms with Crippen molar-refractivity contribution < 1.29 is 14.6 Å². The fourth-order valence-electron chi connectivity index (χ4n) is 0.688. The van der Waals surface area contributed by atoms with Gasteiger partial charge in [0.05, 0.1) is 6.61 Å². The molecule has 0 saturated carbocycles. The minimum absolute atomic E-state index is 0.0912. The molecule has 0 aromatic carbocycles. The van der Waals surface area contributed by atoms with Gasteiger partial charge in [-0.3, -0.25) is 0 Å². The Morgan fingerprint density at radius 1 is 1.91 bits per heavy atom. The molecular weight excluding hydrogens is 150 g/mol. The minimum atomic E-state index is -0.693. The summed E-state index contributed by atoms with van der Waals surface area (Å²) in [5.74, 6) is -0.693. The SMILES string of the molecule is [N-]=[N+]=NC1=CC(CO)OC1=O. The van der Waals surface area contributed by atoms with E-state index in [9.17, 15) is 4.79 Å². The number of hydrogen-bond acceptors (Lipinski definition) is 4. The second-order valence-electron chi connectivity index (χ2n) is 1.87. The van der Waals surface area contributed by atoms with E-state index in [1.165, 1.54) is 6.08 Å². The molecule has 1 unspecified atom stereocenters. The summed E-state index contributed by atoms with van der Waals surface area (Å²) < 4.78 is 4.53. The number of hydrogen-bond donors (Lipinski definition) is 1. The third kappa shape index (κ3) is 1.49. The van der Waals surface area contributed by atoms with Gasteiger partial charge in [-0.2, -0.15) is 0 Å². The Bertz CT molecular complexity index is 254. The number of carbonyl (C=O) groups excluding carboxylic acids is 1. The molecule has 11 heavy (non-hydrogen) atoms. The molecule has 0 aliphatic carbocycles. The molecule has 0 aromatic rings. The van der Waals surface area contributed by atoms with Crippen molar-refractivity contribution in [1.82, 2.24) is 0 Å². The van der Waals surface area contributed by atoms with E-state index in [1.54, 1.807) is 0 Å². The fourth-order valence-corrected chi connectivity index (χ4v) is 0.688. The predicted octanol–water partition coefficient (Wildman–Crippen LogP) is 0.0983. The molecule has 0 fully saturated rings. The molecule has 0 saturated heterocycles. The molecule has 6 nitrogen and oxygen atoms in total. The fraction of sp³-hybridized carbons (Fsp3) is 0.400. The second kappa shape index (κ2) is 3.05. The summed E-state index contributed by atoms with van der Waals surface area (Å²) in [4.78, 5) is 13.1. The van der Waals surface area contributed by atoms with Crippen LogP contribution in [0.5, 0.6) is 0 Å². The molecular formula is C5H5N3O3. The van der Waals surface area contributed by atoms with Crippen LogP contribution < -0.4 is 0 Å². The molecule has 0 aromatic heterocycles. The van der Waals surface area contributed by atoms with Crippen molar-refractivity contribution >= 4 is 5.97 Å². The smallest absolute Gasteiger partial charge is 0.340 e. The van der Waals surface area contributed by atoms with Crippen LogP contribution in [0, 0.1) is 0 Å². The molecule has 1 atom stereocenters. The Morgan fingerprint density at radius 2 is 2.64 bits per heavy atom. The van der Waals surface area contributed by atoms with Crippen LogP contribution in [0.3, 0.4) is 0 Å². The highest BCUT2D eigenvalue weighted by Gasteiger charge is 2.23. The quantitative estimate of drug-likeness (QED) is 0.265. The van der Waals surface area contributed by atoms with Gasteiger partial charge in [0.2, 0.25) is 0 Å². The summed E-state index contributed by atoms with van der Waals surface area (Å²) in [5.41, 5.74) is 7.86. The van der Waals surface area contributed by atoms with Gasteiger partial charge in [-0.25, -0.2) is 4.79 Å². The number of azide groups is 1. The molecule has 6 heteroatoms. The van der Waals surface area contributed by atoms with Crippen molar-refractivity contribution in [3.8, 4) is 0 Å². The number of aliphatic hydroxyl groups is 1. The van der Waals surface area contributed by atoms with Gasteiger partial charge in [0.25, 0.3) is 0 Å². The van der Waals surface area contributed by atoms with Gasteiger partial charge in [0, 0.05) is 4.91 Å². The predicted molar refractivity (Wildman–Crippen MR) is 34.2 cm³/mol. The average Bonchev–Trinajstić information content (AvgIpc) is 2.33. The third-order valence-corrected chi connectivity index (χ3v) is 1.14. The van der Waals surface area contributed by atoms with E-state index < -0.39 is 12.1 Å². The van der Waals surface area contributed by atoms with Crippen molar-refractivity contribution in [2.75, 3.05) is 6.61 Å². The molecule has 0 radical (unpaired) electrons. The number of esters is 1. The van der Waals surface area contributed by atoms with Gasteiger partial charge in [0.1, 0.15) is 11.8 Å². The first kappa shape index (κ1) is 7.59. The molecule has 1 N–H and O–H groups in total. The van der Waals surface area contributed by atoms with Crippen LogP contribution in [-0.2, 0) is 9.53 Å². The highest BCUT2D eigenvalue weighted by atomic mass is 16.6. The van der Waals surface area contributed by atoms with Crippen molar-refractivity contribution in [2.45, 2.75) is 6.10 Å². The van der Waals surface area contributed by atoms with Crippen molar-refractivity contribution in [1.29, 1.82) is 0 Å². The number of cyclic esters (lactones) is 1. The zero-order valence-corrected chi connectivity index (χ0v) is 5.47. The maximum atomic E-state index is 10.7. The number of carbonyl (C=O) groups is 1. The van der Waals surface area contributed by atoms with Crippen LogP contribution in [0.15, 0.2) is 16.9 Å². The van der Waals surface area contributed by atoms with E-state index in [2.05, 4.69) is 14.8 Å². The van der Waals surface area contributed by atoms with E-state index in [0.717, 1.165) is 0 Å². The first-order valence-electron chi connectivity index (χ1n) is 2.86. The van der Waals surface area contributed by atoms with Crippen LogP contribution in [0.4, 0.5) is 0 Å². The Balaban J connectivity index is 2.78. The molecule has 0 spiro atoms. The van der Waals surface area contributed by atoms with E-state index in [1.807, 2.05) is 0 Å². The topological polar surface area (TPSA) is 95.3 Å². The highest BCUT2D eigenvalue weighted by molar-refractivity contribution is 5.90. The van der Waals surface area contributed by atoms with E-state index in [4.69, 9.17) is 10.6 Å². The van der Waals surface area contributed by atoms with Crippen molar-refractivity contribution in [2.24, 2.45) is 5.11 Å². The largest absolute Gasteiger partial charge is 0.452 e. The van der Waals surface area contributed by atoms with Gasteiger partial charge < -0.3 is 9.84 Å². The van der Waals surface area contributed by atoms with Crippen LogP contribution in [0.1, 0.15) is 0 Å². The van der Waals surface area contributed by atoms with Crippen LogP contribution >= 0.6 is 0 Å². The Morgan fingerprint density at radius 3 is 3.09 bits per heavy atom. The lowest BCUT2D eigenvalue weighted by molar-refractivity contribution is -0.140. The van der Waals surface area contributed by atoms with Gasteiger partial charge in [0.15, 0.2) is 0 Å². The standard InChI is InChI=1S/C5H5N3O3/c6-8-7-4-1-3(2-9)11-5(4)10/h1,3,9H,2H2. The summed E-state index contributed by atoms with van der Waals surface area (Å²) in [5, 5.41) is 11.6. The zero-order chi connectivity index (χ0) is 8.27. The summed E-state index contributed by atoms with van der Waals surface area (Å²) in [6.45, 7) is -0.295. The summed E-state index contributed by atoms with van der Waals surface area (Å²) in [6, 6.07) is 0. The zero-order valence-electron chi connectivity index (χ0n) is 5.47. The lowest BCUT2D eigenvalue weighted by atomic mass is 10.3. The van der Waals surface area contributed by atoms with Gasteiger partial charge >= 0.3 is 5.97 Å². The summed E-state index contributed by atoms with van der Waals surface area (Å²) in [7, 11) is 0. The van der Waals surface area contributed by atoms with Crippen LogP contribution in [0.25, 0.3) is 10.4 Å². The van der Waals surface area contributed by atoms with E-state index in [0.29, 0.717) is 0 Å². The van der Waals surface area contributed by atoms with Crippen molar-refractivity contribution in [3.63, 3.8) is 0 Å². The normalized spacial score (nSPS) is 22.1. The number of nitrogens with zero attached hydrogens (tertiary/aromatic N) is 3. The van der Waals surface area contributed by atoms with Crippen LogP contribution in [0.2, 0.25) is 0 Å². The summed E-state index contributed by atoms with van der Waals surface area (Å²) >= 11 is 0. The molecule has 1 rings (SSSR count). The Hall–Kier alpha value is -1.52. The molecule has 1 heterocycles. The van der Waals surface area contributed by atoms with E-state index >= 15 is 0 Å². The van der Waals surface area contributed by atoms with Gasteiger partial charge in [-0.05, 0) is 11.6 Å². The first-order chi connectivity index (χ1) is 5.27. The van der Waals surface area contributed by atoms with Crippen LogP contribution in [-0.4, -0.2) is 23.8 Å². The lowest BCUT2D eigenvalue weighted by Gasteiger charge is -2.00. The van der Waals surface area contributed by atoms with Gasteiger partial charge in [-0.1, -0.05) is 5.11 Å². The highest BCUT2D eigenvalue weighted by Crippen LogP contribution is 2.13. The summed E-state index contributed by atoms with van der Waals surface area (Å²) in [6.07, 6.45) is 0.616. The number of ether oxygens (including phenoxy) is 1. The number of aliphatic hydroxyl groups excluding tert-OH is 1. The minimum Gasteiger partial charge on any atom is -0.452 e. The number of rotatable bonds is 2. The second-order valence-corrected chi connectivity index (χ2v) is 1.87.